The molecule has 0 amide bonds. The third-order valence-corrected chi connectivity index (χ3v) is 6.56. The number of thiazole rings is 1. The van der Waals surface area contributed by atoms with Crippen molar-refractivity contribution in [3.63, 3.8) is 0 Å². The highest BCUT2D eigenvalue weighted by molar-refractivity contribution is 7.20. The average Bonchev–Trinajstić information content (AvgIpc) is 3.49. The highest BCUT2D eigenvalue weighted by Gasteiger charge is 2.32. The van der Waals surface area contributed by atoms with Gasteiger partial charge in [0.15, 0.2) is 16.6 Å². The predicted octanol–water partition coefficient (Wildman–Crippen LogP) is 6.01. The quantitative estimate of drug-likeness (QED) is 0.323. The third kappa shape index (κ3) is 2.92. The minimum atomic E-state index is -0.528. The number of carbonyl (C=O) groups is 1. The summed E-state index contributed by atoms with van der Waals surface area (Å²) in [5.41, 5.74) is 1.66. The Morgan fingerprint density at radius 1 is 1.20 bits per heavy atom. The number of carbonyl (C=O) groups excluding carboxylic acids is 1. The molecule has 0 aliphatic heterocycles. The molecular weight excluding hydrogens is 444 g/mol. The van der Waals surface area contributed by atoms with Crippen LogP contribution in [-0.4, -0.2) is 25.5 Å². The standard InChI is InChI=1S/C21H13ClN2O4S2/c1-10-2-5-14(28-10)18(25)16-17(11-6-7-29-9-11)24(20(27)19(16)26)21-23-13-4-3-12(22)8-15(13)30-21/h2-9,26-27H,1H3. The highest BCUT2D eigenvalue weighted by atomic mass is 35.5. The Morgan fingerprint density at radius 2 is 2.03 bits per heavy atom. The molecule has 0 aliphatic carbocycles. The van der Waals surface area contributed by atoms with Crippen LogP contribution in [0.1, 0.15) is 21.9 Å². The molecule has 30 heavy (non-hydrogen) atoms. The van der Waals surface area contributed by atoms with Crippen molar-refractivity contribution < 1.29 is 19.4 Å². The largest absolute Gasteiger partial charge is 0.503 e. The maximum atomic E-state index is 13.2. The van der Waals surface area contributed by atoms with Crippen LogP contribution in [0.4, 0.5) is 0 Å². The second-order valence-electron chi connectivity index (χ2n) is 6.59. The van der Waals surface area contributed by atoms with Crippen molar-refractivity contribution in [1.29, 1.82) is 0 Å². The maximum Gasteiger partial charge on any atom is 0.242 e. The molecule has 0 saturated heterocycles. The summed E-state index contributed by atoms with van der Waals surface area (Å²) >= 11 is 8.81. The van der Waals surface area contributed by atoms with Crippen molar-refractivity contribution in [3.05, 3.63) is 69.3 Å². The molecule has 0 atom stereocenters. The van der Waals surface area contributed by atoms with Gasteiger partial charge < -0.3 is 14.6 Å². The van der Waals surface area contributed by atoms with E-state index in [1.807, 2.05) is 16.8 Å². The lowest BCUT2D eigenvalue weighted by atomic mass is 10.1. The normalized spacial score (nSPS) is 11.4. The lowest BCUT2D eigenvalue weighted by Gasteiger charge is -2.07. The van der Waals surface area contributed by atoms with Crippen molar-refractivity contribution in [2.75, 3.05) is 0 Å². The molecule has 150 valence electrons. The van der Waals surface area contributed by atoms with E-state index in [-0.39, 0.29) is 11.3 Å². The number of aromatic hydroxyl groups is 2. The first kappa shape index (κ1) is 18.9. The first-order valence-corrected chi connectivity index (χ1v) is 10.9. The van der Waals surface area contributed by atoms with Gasteiger partial charge in [-0.15, -0.1) is 0 Å². The molecule has 0 spiro atoms. The van der Waals surface area contributed by atoms with E-state index >= 15 is 0 Å². The van der Waals surface area contributed by atoms with Gasteiger partial charge in [-0.2, -0.15) is 11.3 Å². The van der Waals surface area contributed by atoms with Crippen LogP contribution in [-0.2, 0) is 0 Å². The average molecular weight is 457 g/mol. The second kappa shape index (κ2) is 7.02. The molecule has 0 bridgehead atoms. The molecule has 0 radical (unpaired) electrons. The Labute approximate surface area is 183 Å². The number of benzene rings is 1. The van der Waals surface area contributed by atoms with Crippen LogP contribution in [0.25, 0.3) is 26.6 Å². The van der Waals surface area contributed by atoms with Crippen LogP contribution in [0, 0.1) is 6.92 Å². The van der Waals surface area contributed by atoms with Crippen LogP contribution in [0.15, 0.2) is 51.6 Å². The Morgan fingerprint density at radius 3 is 2.73 bits per heavy atom. The van der Waals surface area contributed by atoms with Gasteiger partial charge in [-0.1, -0.05) is 22.9 Å². The Kier molecular flexibility index (Phi) is 4.43. The van der Waals surface area contributed by atoms with E-state index in [9.17, 15) is 15.0 Å². The van der Waals surface area contributed by atoms with Gasteiger partial charge in [0.1, 0.15) is 5.76 Å². The molecule has 2 N–H and O–H groups in total. The summed E-state index contributed by atoms with van der Waals surface area (Å²) in [5.74, 6) is -0.866. The molecule has 4 aromatic heterocycles. The molecule has 5 aromatic rings. The zero-order valence-corrected chi connectivity index (χ0v) is 17.8. The Bertz CT molecular complexity index is 1410. The first-order chi connectivity index (χ1) is 14.4. The van der Waals surface area contributed by atoms with Crippen molar-refractivity contribution >= 4 is 50.3 Å². The van der Waals surface area contributed by atoms with Crippen LogP contribution >= 0.6 is 34.3 Å². The number of nitrogens with zero attached hydrogens (tertiary/aromatic N) is 2. The number of halogens is 1. The molecule has 5 rings (SSSR count). The monoisotopic (exact) mass is 456 g/mol. The summed E-state index contributed by atoms with van der Waals surface area (Å²) < 4.78 is 7.67. The van der Waals surface area contributed by atoms with E-state index in [0.29, 0.717) is 32.7 Å². The lowest BCUT2D eigenvalue weighted by Crippen LogP contribution is -2.03. The number of aromatic nitrogens is 2. The zero-order valence-electron chi connectivity index (χ0n) is 15.4. The van der Waals surface area contributed by atoms with E-state index in [2.05, 4.69) is 4.98 Å². The minimum Gasteiger partial charge on any atom is -0.503 e. The molecule has 1 aromatic carbocycles. The summed E-state index contributed by atoms with van der Waals surface area (Å²) in [5, 5.41) is 26.2. The van der Waals surface area contributed by atoms with E-state index in [0.717, 1.165) is 4.70 Å². The maximum absolute atomic E-state index is 13.2. The first-order valence-electron chi connectivity index (χ1n) is 8.81. The molecule has 0 fully saturated rings. The number of ketones is 1. The third-order valence-electron chi connectivity index (χ3n) is 4.64. The van der Waals surface area contributed by atoms with Gasteiger partial charge in [0.05, 0.1) is 21.5 Å². The highest BCUT2D eigenvalue weighted by Crippen LogP contribution is 2.45. The summed E-state index contributed by atoms with van der Waals surface area (Å²) in [6.07, 6.45) is 0. The molecule has 0 aliphatic rings. The van der Waals surface area contributed by atoms with Crippen molar-refractivity contribution in [3.8, 4) is 28.0 Å². The van der Waals surface area contributed by atoms with Gasteiger partial charge in [0.2, 0.25) is 11.7 Å². The zero-order chi connectivity index (χ0) is 21.0. The van der Waals surface area contributed by atoms with Crippen LogP contribution in [0.2, 0.25) is 5.02 Å². The smallest absolute Gasteiger partial charge is 0.242 e. The molecule has 9 heteroatoms. The Balaban J connectivity index is 1.80. The molecule has 4 heterocycles. The fourth-order valence-electron chi connectivity index (χ4n) is 3.28. The van der Waals surface area contributed by atoms with Crippen LogP contribution in [0.3, 0.4) is 0 Å². The lowest BCUT2D eigenvalue weighted by molar-refractivity contribution is 0.101. The van der Waals surface area contributed by atoms with Gasteiger partial charge >= 0.3 is 0 Å². The van der Waals surface area contributed by atoms with Crippen molar-refractivity contribution in [1.82, 2.24) is 9.55 Å². The molecule has 0 saturated carbocycles. The molecule has 6 nitrogen and oxygen atoms in total. The predicted molar refractivity (Wildman–Crippen MR) is 117 cm³/mol. The Hall–Kier alpha value is -3.07. The van der Waals surface area contributed by atoms with Gasteiger partial charge in [-0.3, -0.25) is 9.36 Å². The van der Waals surface area contributed by atoms with Crippen LogP contribution in [0.5, 0.6) is 11.6 Å². The number of furan rings is 1. The van der Waals surface area contributed by atoms with Crippen LogP contribution < -0.4 is 0 Å². The number of hydrogen-bond donors (Lipinski definition) is 2. The van der Waals surface area contributed by atoms with E-state index in [1.165, 1.54) is 27.2 Å². The van der Waals surface area contributed by atoms with E-state index < -0.39 is 17.4 Å². The number of fused-ring (bicyclic) bond motifs is 1. The van der Waals surface area contributed by atoms with E-state index in [1.54, 1.807) is 37.3 Å². The molecule has 0 unspecified atom stereocenters. The second-order valence-corrected chi connectivity index (χ2v) is 8.82. The van der Waals surface area contributed by atoms with Gasteiger partial charge in [0.25, 0.3) is 0 Å². The summed E-state index contributed by atoms with van der Waals surface area (Å²) in [7, 11) is 0. The molecular formula is C21H13ClN2O4S2. The summed E-state index contributed by atoms with van der Waals surface area (Å²) in [6.45, 7) is 1.73. The number of rotatable bonds is 4. The topological polar surface area (TPSA) is 88.5 Å². The van der Waals surface area contributed by atoms with Crippen molar-refractivity contribution in [2.45, 2.75) is 6.92 Å². The fourth-order valence-corrected chi connectivity index (χ4v) is 5.17. The summed E-state index contributed by atoms with van der Waals surface area (Å²) in [6, 6.07) is 10.3. The minimum absolute atomic E-state index is 0.0439. The van der Waals surface area contributed by atoms with Gasteiger partial charge in [-0.25, -0.2) is 4.98 Å². The van der Waals surface area contributed by atoms with E-state index in [4.69, 9.17) is 16.0 Å². The van der Waals surface area contributed by atoms with Gasteiger partial charge in [0, 0.05) is 16.0 Å². The number of hydrogen-bond acceptors (Lipinski definition) is 7. The fraction of sp³-hybridized carbons (Fsp3) is 0.0476. The number of thiophene rings is 1. The SMILES string of the molecule is Cc1ccc(C(=O)c2c(O)c(O)n(-c3nc4ccc(Cl)cc4s3)c2-c2ccsc2)o1. The summed E-state index contributed by atoms with van der Waals surface area (Å²) in [4.78, 5) is 17.8. The van der Waals surface area contributed by atoms with Crippen molar-refractivity contribution in [2.24, 2.45) is 0 Å². The van der Waals surface area contributed by atoms with Gasteiger partial charge in [-0.05, 0) is 48.7 Å². The number of aryl methyl sites for hydroxylation is 1.